The van der Waals surface area contributed by atoms with Crippen LogP contribution in [0.15, 0.2) is 27.1 Å². The van der Waals surface area contributed by atoms with Crippen molar-refractivity contribution in [3.8, 4) is 0 Å². The van der Waals surface area contributed by atoms with Crippen molar-refractivity contribution in [1.82, 2.24) is 18.8 Å². The summed E-state index contributed by atoms with van der Waals surface area (Å²) in [6.45, 7) is 3.02. The molecule has 0 bridgehead atoms. The molecule has 25 heavy (non-hydrogen) atoms. The van der Waals surface area contributed by atoms with Crippen LogP contribution in [0.5, 0.6) is 0 Å². The average Bonchev–Trinajstić information content (AvgIpc) is 3.27. The maximum Gasteiger partial charge on any atom is 0.277 e. The van der Waals surface area contributed by atoms with Crippen molar-refractivity contribution in [2.45, 2.75) is 18.7 Å². The number of thiazole rings is 1. The Morgan fingerprint density at radius 2 is 2.12 bits per heavy atom. The fourth-order valence-electron chi connectivity index (χ4n) is 2.60. The molecule has 4 rings (SSSR count). The third-order valence-corrected chi connectivity index (χ3v) is 7.57. The second-order valence-corrected chi connectivity index (χ2v) is 9.21. The fourth-order valence-corrected chi connectivity index (χ4v) is 5.83. The number of imidazole rings is 1. The Morgan fingerprint density at radius 1 is 1.36 bits per heavy atom. The second kappa shape index (κ2) is 5.38. The molecule has 0 radical (unpaired) electrons. The number of amides is 1. The molecule has 0 N–H and O–H groups in total. The zero-order chi connectivity index (χ0) is 17.9. The minimum absolute atomic E-state index is 0.0772. The number of carbonyl (C=O) groups is 1. The monoisotopic (exact) mass is 396 g/mol. The first-order valence-corrected chi connectivity index (χ1v) is 10.3. The lowest BCUT2D eigenvalue weighted by atomic mass is 10.4. The number of aryl methyl sites for hydroxylation is 2. The summed E-state index contributed by atoms with van der Waals surface area (Å²) in [4.78, 5) is 18.9. The summed E-state index contributed by atoms with van der Waals surface area (Å²) < 4.78 is 33.0. The predicted octanol–water partition coefficient (Wildman–Crippen LogP) is 2.68. The van der Waals surface area contributed by atoms with Gasteiger partial charge in [-0.3, -0.25) is 9.20 Å². The van der Waals surface area contributed by atoms with Crippen molar-refractivity contribution in [2.24, 2.45) is 0 Å². The highest BCUT2D eigenvalue weighted by atomic mass is 32.2. The van der Waals surface area contributed by atoms with Crippen molar-refractivity contribution >= 4 is 53.9 Å². The van der Waals surface area contributed by atoms with E-state index in [4.69, 9.17) is 4.52 Å². The quantitative estimate of drug-likeness (QED) is 0.528. The SMILES string of the molecule is Cc1noc(C)c1S(=O)(=O)N(C)C(=O)c1cc2c(nc3sccn32)s1. The van der Waals surface area contributed by atoms with Crippen LogP contribution in [0.2, 0.25) is 0 Å². The van der Waals surface area contributed by atoms with E-state index in [9.17, 15) is 13.2 Å². The maximum atomic E-state index is 12.8. The molecular weight excluding hydrogens is 384 g/mol. The Bertz CT molecular complexity index is 1210. The van der Waals surface area contributed by atoms with Crippen molar-refractivity contribution < 1.29 is 17.7 Å². The van der Waals surface area contributed by atoms with E-state index in [0.717, 1.165) is 14.8 Å². The molecule has 8 nitrogen and oxygen atoms in total. The van der Waals surface area contributed by atoms with Gasteiger partial charge in [0.05, 0.1) is 10.4 Å². The predicted molar refractivity (Wildman–Crippen MR) is 93.7 cm³/mol. The molecule has 0 saturated heterocycles. The van der Waals surface area contributed by atoms with Gasteiger partial charge in [0.2, 0.25) is 0 Å². The summed E-state index contributed by atoms with van der Waals surface area (Å²) in [7, 11) is -2.82. The summed E-state index contributed by atoms with van der Waals surface area (Å²) in [6.07, 6.45) is 1.86. The highest BCUT2D eigenvalue weighted by Gasteiger charge is 2.33. The summed E-state index contributed by atoms with van der Waals surface area (Å²) >= 11 is 2.66. The number of aromatic nitrogens is 3. The van der Waals surface area contributed by atoms with Gasteiger partial charge in [0, 0.05) is 18.6 Å². The molecule has 0 spiro atoms. The van der Waals surface area contributed by atoms with Crippen LogP contribution in [0.25, 0.3) is 15.3 Å². The minimum Gasteiger partial charge on any atom is -0.360 e. The first kappa shape index (κ1) is 16.2. The lowest BCUT2D eigenvalue weighted by molar-refractivity contribution is 0.0887. The molecule has 4 aromatic heterocycles. The zero-order valence-corrected chi connectivity index (χ0v) is 15.8. The topological polar surface area (TPSA) is 97.8 Å². The molecule has 0 aromatic carbocycles. The molecule has 4 aromatic rings. The van der Waals surface area contributed by atoms with Gasteiger partial charge in [0.1, 0.15) is 10.5 Å². The van der Waals surface area contributed by atoms with Crippen molar-refractivity contribution in [3.63, 3.8) is 0 Å². The third kappa shape index (κ3) is 2.30. The molecular formula is C14H12N4O4S3. The molecule has 130 valence electrons. The summed E-state index contributed by atoms with van der Waals surface area (Å²) in [5.41, 5.74) is 1.01. The smallest absolute Gasteiger partial charge is 0.277 e. The number of hydrogen-bond donors (Lipinski definition) is 0. The van der Waals surface area contributed by atoms with Gasteiger partial charge in [0.25, 0.3) is 15.9 Å². The van der Waals surface area contributed by atoms with Gasteiger partial charge in [-0.25, -0.2) is 17.7 Å². The summed E-state index contributed by atoms with van der Waals surface area (Å²) in [5.74, 6) is -0.466. The van der Waals surface area contributed by atoms with Crippen LogP contribution in [0, 0.1) is 13.8 Å². The number of rotatable bonds is 3. The maximum absolute atomic E-state index is 12.8. The zero-order valence-electron chi connectivity index (χ0n) is 13.4. The standard InChI is InChI=1S/C14H12N4O4S3/c1-7-11(8(2)22-16-7)25(20,21)17(3)13(19)10-6-9-12(24-10)15-14-18(9)4-5-23-14/h4-6H,1-3H3. The second-order valence-electron chi connectivity index (χ2n) is 5.40. The van der Waals surface area contributed by atoms with Crippen molar-refractivity contribution in [1.29, 1.82) is 0 Å². The molecule has 0 aliphatic carbocycles. The number of hydrogen-bond acceptors (Lipinski definition) is 8. The van der Waals surface area contributed by atoms with Gasteiger partial charge < -0.3 is 4.52 Å². The molecule has 11 heteroatoms. The molecule has 0 aliphatic heterocycles. The van der Waals surface area contributed by atoms with Crippen LogP contribution in [0.4, 0.5) is 0 Å². The van der Waals surface area contributed by atoms with Gasteiger partial charge in [0.15, 0.2) is 15.6 Å². The van der Waals surface area contributed by atoms with E-state index < -0.39 is 15.9 Å². The molecule has 0 unspecified atom stereocenters. The van der Waals surface area contributed by atoms with Crippen LogP contribution >= 0.6 is 22.7 Å². The molecule has 0 aliphatic rings. The van der Waals surface area contributed by atoms with Gasteiger partial charge in [-0.05, 0) is 19.9 Å². The lowest BCUT2D eigenvalue weighted by Gasteiger charge is -2.16. The first-order chi connectivity index (χ1) is 11.8. The molecule has 0 fully saturated rings. The number of carbonyl (C=O) groups excluding carboxylic acids is 1. The Kier molecular flexibility index (Phi) is 3.49. The molecule has 4 heterocycles. The average molecular weight is 396 g/mol. The van der Waals surface area contributed by atoms with E-state index in [2.05, 4.69) is 10.1 Å². The van der Waals surface area contributed by atoms with Gasteiger partial charge >= 0.3 is 0 Å². The van der Waals surface area contributed by atoms with E-state index in [1.807, 2.05) is 16.0 Å². The number of fused-ring (bicyclic) bond motifs is 3. The Labute approximate surface area is 150 Å². The van der Waals surface area contributed by atoms with E-state index in [1.165, 1.54) is 43.6 Å². The Balaban J connectivity index is 1.76. The molecule has 0 atom stereocenters. The highest BCUT2D eigenvalue weighted by molar-refractivity contribution is 7.89. The van der Waals surface area contributed by atoms with Crippen LogP contribution in [-0.2, 0) is 10.0 Å². The summed E-state index contributed by atoms with van der Waals surface area (Å²) in [5, 5.41) is 5.55. The Hall–Kier alpha value is -2.24. The van der Waals surface area contributed by atoms with Crippen LogP contribution < -0.4 is 0 Å². The Morgan fingerprint density at radius 3 is 2.80 bits per heavy atom. The molecule has 0 saturated carbocycles. The van der Waals surface area contributed by atoms with Gasteiger partial charge in [-0.2, -0.15) is 0 Å². The third-order valence-electron chi connectivity index (χ3n) is 3.82. The summed E-state index contributed by atoms with van der Waals surface area (Å²) in [6, 6.07) is 1.66. The fraction of sp³-hybridized carbons (Fsp3) is 0.214. The van der Waals surface area contributed by atoms with Crippen molar-refractivity contribution in [3.05, 3.63) is 34.0 Å². The number of nitrogens with zero attached hydrogens (tertiary/aromatic N) is 4. The van der Waals surface area contributed by atoms with Crippen LogP contribution in [0.1, 0.15) is 21.1 Å². The van der Waals surface area contributed by atoms with E-state index in [0.29, 0.717) is 9.71 Å². The lowest BCUT2D eigenvalue weighted by Crippen LogP contribution is -2.33. The normalized spacial score (nSPS) is 12.3. The highest BCUT2D eigenvalue weighted by Crippen LogP contribution is 2.30. The minimum atomic E-state index is -4.05. The van der Waals surface area contributed by atoms with E-state index in [1.54, 1.807) is 6.07 Å². The number of thiophene rings is 1. The van der Waals surface area contributed by atoms with Gasteiger partial charge in [-0.1, -0.05) is 5.16 Å². The number of sulfonamides is 1. The van der Waals surface area contributed by atoms with Crippen LogP contribution in [0.3, 0.4) is 0 Å². The largest absolute Gasteiger partial charge is 0.360 e. The molecule has 1 amide bonds. The van der Waals surface area contributed by atoms with E-state index >= 15 is 0 Å². The first-order valence-electron chi connectivity index (χ1n) is 7.12. The van der Waals surface area contributed by atoms with Crippen molar-refractivity contribution in [2.75, 3.05) is 7.05 Å². The van der Waals surface area contributed by atoms with Crippen LogP contribution in [-0.4, -0.2) is 40.2 Å². The van der Waals surface area contributed by atoms with E-state index in [-0.39, 0.29) is 16.3 Å². The van der Waals surface area contributed by atoms with Gasteiger partial charge in [-0.15, -0.1) is 22.7 Å².